The molecule has 9 heteroatoms. The summed E-state index contributed by atoms with van der Waals surface area (Å²) >= 11 is 0. The van der Waals surface area contributed by atoms with Crippen LogP contribution >= 0.6 is 0 Å². The fourth-order valence-corrected chi connectivity index (χ4v) is 3.03. The van der Waals surface area contributed by atoms with Gasteiger partial charge in [-0.15, -0.1) is 0 Å². The Morgan fingerprint density at radius 2 is 2.00 bits per heavy atom. The molecular weight excluding hydrogens is 406 g/mol. The zero-order chi connectivity index (χ0) is 23.3. The summed E-state index contributed by atoms with van der Waals surface area (Å²) in [6.07, 6.45) is 1.15. The number of hydrogen-bond acceptors (Lipinski definition) is 8. The molecule has 0 bridgehead atoms. The Morgan fingerprint density at radius 1 is 1.22 bits per heavy atom. The molecule has 1 amide bonds. The first-order chi connectivity index (χ1) is 15.2. The average Bonchev–Trinajstić information content (AvgIpc) is 2.75. The lowest BCUT2D eigenvalue weighted by Crippen LogP contribution is -2.36. The van der Waals surface area contributed by atoms with Crippen LogP contribution in [0.5, 0.6) is 0 Å². The van der Waals surface area contributed by atoms with E-state index in [1.807, 2.05) is 29.3 Å². The summed E-state index contributed by atoms with van der Waals surface area (Å²) < 4.78 is 5.20. The van der Waals surface area contributed by atoms with Gasteiger partial charge in [-0.25, -0.2) is 20.6 Å². The molecule has 0 saturated carbocycles. The third kappa shape index (κ3) is 5.92. The molecule has 2 heterocycles. The second kappa shape index (κ2) is 9.61. The molecule has 32 heavy (non-hydrogen) atoms. The molecule has 3 aromatic rings. The minimum Gasteiger partial charge on any atom is -0.443 e. The van der Waals surface area contributed by atoms with Gasteiger partial charge >= 0.3 is 6.09 Å². The number of benzene rings is 1. The smallest absolute Gasteiger partial charge is 0.428 e. The first kappa shape index (κ1) is 23.0. The number of anilines is 2. The lowest BCUT2D eigenvalue weighted by Gasteiger charge is -2.24. The molecule has 0 saturated heterocycles. The highest BCUT2D eigenvalue weighted by Crippen LogP contribution is 2.23. The van der Waals surface area contributed by atoms with Gasteiger partial charge in [0.25, 0.3) is 0 Å². The standard InChI is InChI=1S/C23H29N7O2/c1-15(28-29-22(31)32-23(2,3)4)19-11-9-18(24)21(27-19)30(25-5)14-16-8-10-20-17(13-16)7-6-12-26-20/h6-13,25H,14,24H2,1-5H3,(H,29,31)/b28-15+. The number of fused-ring (bicyclic) bond motifs is 1. The Labute approximate surface area is 187 Å². The van der Waals surface area contributed by atoms with Crippen molar-refractivity contribution in [3.05, 3.63) is 59.9 Å². The summed E-state index contributed by atoms with van der Waals surface area (Å²) in [7, 11) is 1.81. The van der Waals surface area contributed by atoms with Gasteiger partial charge in [-0.3, -0.25) is 9.99 Å². The highest BCUT2D eigenvalue weighted by molar-refractivity contribution is 5.98. The number of nitrogen functional groups attached to an aromatic ring is 1. The van der Waals surface area contributed by atoms with E-state index in [1.165, 1.54) is 0 Å². The van der Waals surface area contributed by atoms with Gasteiger partial charge < -0.3 is 10.5 Å². The number of carbonyl (C=O) groups is 1. The molecular formula is C23H29N7O2. The Hall–Kier alpha value is -3.72. The maximum Gasteiger partial charge on any atom is 0.428 e. The second-order valence-corrected chi connectivity index (χ2v) is 8.26. The number of pyridine rings is 2. The van der Waals surface area contributed by atoms with Crippen molar-refractivity contribution in [1.82, 2.24) is 20.8 Å². The number of ether oxygens (including phenoxy) is 1. The normalized spacial score (nSPS) is 12.0. The van der Waals surface area contributed by atoms with Gasteiger partial charge in [0.1, 0.15) is 5.60 Å². The second-order valence-electron chi connectivity index (χ2n) is 8.26. The lowest BCUT2D eigenvalue weighted by atomic mass is 10.1. The largest absolute Gasteiger partial charge is 0.443 e. The third-order valence-corrected chi connectivity index (χ3v) is 4.52. The molecule has 0 fully saturated rings. The van der Waals surface area contributed by atoms with Crippen molar-refractivity contribution in [2.45, 2.75) is 39.8 Å². The van der Waals surface area contributed by atoms with Crippen molar-refractivity contribution in [1.29, 1.82) is 0 Å². The number of carbonyl (C=O) groups excluding carboxylic acids is 1. The van der Waals surface area contributed by atoms with Gasteiger partial charge in [0.2, 0.25) is 0 Å². The number of nitrogens with two attached hydrogens (primary N) is 1. The van der Waals surface area contributed by atoms with E-state index in [4.69, 9.17) is 10.5 Å². The van der Waals surface area contributed by atoms with Crippen LogP contribution < -0.4 is 21.6 Å². The zero-order valence-corrected chi connectivity index (χ0v) is 19.0. The van der Waals surface area contributed by atoms with Crippen LogP contribution in [0.25, 0.3) is 10.9 Å². The summed E-state index contributed by atoms with van der Waals surface area (Å²) in [4.78, 5) is 20.9. The van der Waals surface area contributed by atoms with Crippen LogP contribution in [0, 0.1) is 0 Å². The third-order valence-electron chi connectivity index (χ3n) is 4.52. The summed E-state index contributed by atoms with van der Waals surface area (Å²) in [5.41, 5.74) is 14.8. The fraction of sp³-hybridized carbons (Fsp3) is 0.304. The van der Waals surface area contributed by atoms with E-state index >= 15 is 0 Å². The van der Waals surface area contributed by atoms with Crippen LogP contribution in [0.4, 0.5) is 16.3 Å². The van der Waals surface area contributed by atoms with Gasteiger partial charge in [0.15, 0.2) is 5.82 Å². The molecule has 0 atom stereocenters. The van der Waals surface area contributed by atoms with Crippen LogP contribution in [-0.2, 0) is 11.3 Å². The first-order valence-corrected chi connectivity index (χ1v) is 10.2. The summed E-state index contributed by atoms with van der Waals surface area (Å²) in [6.45, 7) is 7.65. The van der Waals surface area contributed by atoms with Crippen molar-refractivity contribution >= 4 is 34.2 Å². The van der Waals surface area contributed by atoms with E-state index in [1.54, 1.807) is 53.1 Å². The molecule has 0 aliphatic heterocycles. The number of nitrogens with one attached hydrogen (secondary N) is 2. The Morgan fingerprint density at radius 3 is 2.72 bits per heavy atom. The van der Waals surface area contributed by atoms with Crippen LogP contribution in [0.1, 0.15) is 39.0 Å². The van der Waals surface area contributed by atoms with E-state index in [0.29, 0.717) is 29.5 Å². The lowest BCUT2D eigenvalue weighted by molar-refractivity contribution is 0.0529. The number of hydrazone groups is 1. The van der Waals surface area contributed by atoms with E-state index < -0.39 is 11.7 Å². The first-order valence-electron chi connectivity index (χ1n) is 10.2. The van der Waals surface area contributed by atoms with E-state index in [0.717, 1.165) is 16.5 Å². The maximum atomic E-state index is 11.9. The summed E-state index contributed by atoms with van der Waals surface area (Å²) in [5.74, 6) is 0.558. The molecule has 3 rings (SSSR count). The molecule has 0 unspecified atom stereocenters. The molecule has 9 nitrogen and oxygen atoms in total. The van der Waals surface area contributed by atoms with Crippen LogP contribution in [-0.4, -0.2) is 34.4 Å². The van der Waals surface area contributed by atoms with Gasteiger partial charge in [0.05, 0.1) is 29.2 Å². The quantitative estimate of drug-likeness (QED) is 0.400. The zero-order valence-electron chi connectivity index (χ0n) is 19.0. The monoisotopic (exact) mass is 435 g/mol. The summed E-state index contributed by atoms with van der Waals surface area (Å²) in [6, 6.07) is 13.6. The molecule has 168 valence electrons. The number of rotatable bonds is 6. The summed E-state index contributed by atoms with van der Waals surface area (Å²) in [5, 5.41) is 7.01. The van der Waals surface area contributed by atoms with E-state index in [2.05, 4.69) is 32.0 Å². The Balaban J connectivity index is 1.80. The minimum absolute atomic E-state index is 0.512. The van der Waals surface area contributed by atoms with Crippen molar-refractivity contribution in [3.8, 4) is 0 Å². The van der Waals surface area contributed by atoms with Gasteiger partial charge in [-0.05, 0) is 63.6 Å². The van der Waals surface area contributed by atoms with Gasteiger partial charge in [-0.2, -0.15) is 5.10 Å². The Bertz CT molecular complexity index is 1140. The number of aromatic nitrogens is 2. The molecule has 0 aliphatic rings. The minimum atomic E-state index is -0.629. The van der Waals surface area contributed by atoms with E-state index in [-0.39, 0.29) is 0 Å². The highest BCUT2D eigenvalue weighted by Gasteiger charge is 2.17. The number of nitrogens with zero attached hydrogens (tertiary/aromatic N) is 4. The number of hydrogen-bond donors (Lipinski definition) is 3. The highest BCUT2D eigenvalue weighted by atomic mass is 16.6. The van der Waals surface area contributed by atoms with Crippen molar-refractivity contribution in [2.75, 3.05) is 17.8 Å². The predicted molar refractivity (Wildman–Crippen MR) is 127 cm³/mol. The maximum absolute atomic E-state index is 11.9. The van der Waals surface area contributed by atoms with Crippen LogP contribution in [0.3, 0.4) is 0 Å². The van der Waals surface area contributed by atoms with Crippen molar-refractivity contribution in [3.63, 3.8) is 0 Å². The fourth-order valence-electron chi connectivity index (χ4n) is 3.03. The van der Waals surface area contributed by atoms with Gasteiger partial charge in [-0.1, -0.05) is 12.1 Å². The van der Waals surface area contributed by atoms with E-state index in [9.17, 15) is 4.79 Å². The molecule has 1 aromatic carbocycles. The molecule has 2 aromatic heterocycles. The number of hydrazine groups is 1. The Kier molecular flexibility index (Phi) is 6.89. The SMILES string of the molecule is CNN(Cc1ccc2ncccc2c1)c1nc(/C(C)=N/NC(=O)OC(C)(C)C)ccc1N. The molecule has 4 N–H and O–H groups in total. The van der Waals surface area contributed by atoms with Crippen molar-refractivity contribution < 1.29 is 9.53 Å². The molecule has 0 radical (unpaired) electrons. The number of amides is 1. The van der Waals surface area contributed by atoms with Crippen molar-refractivity contribution in [2.24, 2.45) is 5.10 Å². The van der Waals surface area contributed by atoms with Crippen LogP contribution in [0.2, 0.25) is 0 Å². The average molecular weight is 436 g/mol. The molecule has 0 spiro atoms. The van der Waals surface area contributed by atoms with Gasteiger partial charge in [0, 0.05) is 18.6 Å². The topological polar surface area (TPSA) is 118 Å². The molecule has 0 aliphatic carbocycles. The van der Waals surface area contributed by atoms with Crippen LogP contribution in [0.15, 0.2) is 53.8 Å². The predicted octanol–water partition coefficient (Wildman–Crippen LogP) is 3.60.